The lowest BCUT2D eigenvalue weighted by atomic mass is 10.1. The van der Waals surface area contributed by atoms with E-state index in [1.54, 1.807) is 11.9 Å². The zero-order valence-electron chi connectivity index (χ0n) is 16.1. The topological polar surface area (TPSA) is 67.2 Å². The smallest absolute Gasteiger partial charge is 0.246 e. The van der Waals surface area contributed by atoms with Crippen molar-refractivity contribution in [2.24, 2.45) is 0 Å². The van der Waals surface area contributed by atoms with Crippen LogP contribution in [0.3, 0.4) is 0 Å². The maximum atomic E-state index is 12.5. The van der Waals surface area contributed by atoms with Crippen LogP contribution >= 0.6 is 0 Å². The number of carbonyl (C=O) groups is 1. The van der Waals surface area contributed by atoms with Crippen molar-refractivity contribution in [2.75, 3.05) is 26.0 Å². The molecule has 7 nitrogen and oxygen atoms in total. The third-order valence-corrected chi connectivity index (χ3v) is 4.34. The highest BCUT2D eigenvalue weighted by Gasteiger charge is 2.13. The van der Waals surface area contributed by atoms with Crippen LogP contribution in [0.4, 0.5) is 5.69 Å². The molecule has 0 saturated carbocycles. The highest BCUT2D eigenvalue weighted by atomic mass is 16.2. The summed E-state index contributed by atoms with van der Waals surface area (Å²) in [6, 6.07) is 16.0. The lowest BCUT2D eigenvalue weighted by Crippen LogP contribution is -2.30. The molecule has 0 atom stereocenters. The summed E-state index contributed by atoms with van der Waals surface area (Å²) in [4.78, 5) is 17.5. The van der Waals surface area contributed by atoms with Crippen LogP contribution < -0.4 is 4.90 Å². The van der Waals surface area contributed by atoms with Crippen LogP contribution in [0.5, 0.6) is 0 Å². The van der Waals surface area contributed by atoms with Crippen LogP contribution in [0.2, 0.25) is 0 Å². The predicted octanol–water partition coefficient (Wildman–Crippen LogP) is 2.37. The number of tetrazole rings is 1. The molecular weight excluding hydrogens is 340 g/mol. The van der Waals surface area contributed by atoms with Gasteiger partial charge in [-0.1, -0.05) is 42.0 Å². The molecule has 3 aromatic rings. The molecule has 0 radical (unpaired) electrons. The molecule has 0 aliphatic rings. The van der Waals surface area contributed by atoms with E-state index in [0.29, 0.717) is 12.4 Å². The number of amides is 1. The summed E-state index contributed by atoms with van der Waals surface area (Å²) in [5.41, 5.74) is 4.25. The molecule has 1 aromatic heterocycles. The zero-order chi connectivity index (χ0) is 19.4. The van der Waals surface area contributed by atoms with E-state index in [9.17, 15) is 4.79 Å². The van der Waals surface area contributed by atoms with Crippen LogP contribution in [0.25, 0.3) is 11.4 Å². The number of rotatable bonds is 6. The van der Waals surface area contributed by atoms with Gasteiger partial charge in [-0.2, -0.15) is 4.80 Å². The van der Waals surface area contributed by atoms with E-state index in [-0.39, 0.29) is 12.5 Å². The normalized spacial score (nSPS) is 10.7. The second-order valence-electron chi connectivity index (χ2n) is 6.82. The minimum Gasteiger partial charge on any atom is -0.378 e. The van der Waals surface area contributed by atoms with Gasteiger partial charge in [-0.3, -0.25) is 4.79 Å². The standard InChI is InChI=1S/C20H24N6O/c1-15-5-9-17(10-6-15)20-21-23-26(22-20)14-19(27)25(4)13-16-7-11-18(12-8-16)24(2)3/h5-12H,13-14H2,1-4H3. The number of likely N-dealkylation sites (N-methyl/N-ethyl adjacent to an activating group) is 1. The Kier molecular flexibility index (Phi) is 5.49. The lowest BCUT2D eigenvalue weighted by molar-refractivity contribution is -0.131. The molecule has 2 aromatic carbocycles. The number of anilines is 1. The highest BCUT2D eigenvalue weighted by Crippen LogP contribution is 2.15. The molecule has 0 aliphatic carbocycles. The van der Waals surface area contributed by atoms with E-state index in [1.165, 1.54) is 10.4 Å². The van der Waals surface area contributed by atoms with E-state index < -0.39 is 0 Å². The largest absolute Gasteiger partial charge is 0.378 e. The Balaban J connectivity index is 1.60. The Morgan fingerprint density at radius 2 is 1.67 bits per heavy atom. The maximum absolute atomic E-state index is 12.5. The number of carbonyl (C=O) groups excluding carboxylic acids is 1. The third kappa shape index (κ3) is 4.69. The predicted molar refractivity (Wildman–Crippen MR) is 105 cm³/mol. The van der Waals surface area contributed by atoms with Crippen molar-refractivity contribution in [1.82, 2.24) is 25.1 Å². The SMILES string of the molecule is Cc1ccc(-c2nnn(CC(=O)N(C)Cc3ccc(N(C)C)cc3)n2)cc1. The van der Waals surface area contributed by atoms with Gasteiger partial charge in [0, 0.05) is 38.9 Å². The van der Waals surface area contributed by atoms with E-state index in [0.717, 1.165) is 16.8 Å². The van der Waals surface area contributed by atoms with Crippen LogP contribution in [-0.4, -0.2) is 52.2 Å². The molecular formula is C20H24N6O. The van der Waals surface area contributed by atoms with Crippen molar-refractivity contribution in [2.45, 2.75) is 20.0 Å². The lowest BCUT2D eigenvalue weighted by Gasteiger charge is -2.18. The van der Waals surface area contributed by atoms with Crippen molar-refractivity contribution in [3.8, 4) is 11.4 Å². The van der Waals surface area contributed by atoms with Crippen LogP contribution in [0, 0.1) is 6.92 Å². The average Bonchev–Trinajstić information content (AvgIpc) is 3.11. The summed E-state index contributed by atoms with van der Waals surface area (Å²) in [6.45, 7) is 2.62. The first kappa shape index (κ1) is 18.6. The third-order valence-electron chi connectivity index (χ3n) is 4.34. The molecule has 0 N–H and O–H groups in total. The average molecular weight is 364 g/mol. The summed E-state index contributed by atoms with van der Waals surface area (Å²) in [7, 11) is 5.78. The second-order valence-corrected chi connectivity index (χ2v) is 6.82. The first-order valence-corrected chi connectivity index (χ1v) is 8.77. The van der Waals surface area contributed by atoms with Gasteiger partial charge in [-0.05, 0) is 29.8 Å². The first-order chi connectivity index (χ1) is 12.9. The van der Waals surface area contributed by atoms with Crippen molar-refractivity contribution in [3.05, 3.63) is 59.7 Å². The minimum absolute atomic E-state index is 0.0607. The highest BCUT2D eigenvalue weighted by molar-refractivity contribution is 5.75. The molecule has 0 bridgehead atoms. The number of aromatic nitrogens is 4. The summed E-state index contributed by atoms with van der Waals surface area (Å²) < 4.78 is 0. The molecule has 0 unspecified atom stereocenters. The molecule has 0 fully saturated rings. The van der Waals surface area contributed by atoms with Gasteiger partial charge < -0.3 is 9.80 Å². The van der Waals surface area contributed by atoms with Crippen molar-refractivity contribution >= 4 is 11.6 Å². The monoisotopic (exact) mass is 364 g/mol. The van der Waals surface area contributed by atoms with Crippen LogP contribution in [0.1, 0.15) is 11.1 Å². The second kappa shape index (κ2) is 7.99. The molecule has 0 aliphatic heterocycles. The van der Waals surface area contributed by atoms with Gasteiger partial charge in [-0.25, -0.2) is 0 Å². The van der Waals surface area contributed by atoms with Gasteiger partial charge >= 0.3 is 0 Å². The summed E-state index contributed by atoms with van der Waals surface area (Å²) in [6.07, 6.45) is 0. The molecule has 3 rings (SSSR count). The number of benzene rings is 2. The molecule has 1 heterocycles. The molecule has 0 saturated heterocycles. The molecule has 0 spiro atoms. The Labute approximate surface area is 159 Å². The van der Waals surface area contributed by atoms with Gasteiger partial charge in [0.25, 0.3) is 0 Å². The van der Waals surface area contributed by atoms with E-state index in [1.807, 2.05) is 74.4 Å². The van der Waals surface area contributed by atoms with Crippen molar-refractivity contribution in [1.29, 1.82) is 0 Å². The van der Waals surface area contributed by atoms with Crippen molar-refractivity contribution < 1.29 is 4.79 Å². The summed E-state index contributed by atoms with van der Waals surface area (Å²) in [5.74, 6) is 0.448. The first-order valence-electron chi connectivity index (χ1n) is 8.77. The van der Waals surface area contributed by atoms with Gasteiger partial charge in [0.1, 0.15) is 6.54 Å². The van der Waals surface area contributed by atoms with Crippen molar-refractivity contribution in [3.63, 3.8) is 0 Å². The molecule has 140 valence electrons. The molecule has 7 heteroatoms. The van der Waals surface area contributed by atoms with E-state index in [4.69, 9.17) is 0 Å². The van der Waals surface area contributed by atoms with E-state index in [2.05, 4.69) is 15.4 Å². The summed E-state index contributed by atoms with van der Waals surface area (Å²) >= 11 is 0. The quantitative estimate of drug-likeness (QED) is 0.672. The fourth-order valence-electron chi connectivity index (χ4n) is 2.63. The fraction of sp³-hybridized carbons (Fsp3) is 0.300. The number of nitrogens with zero attached hydrogens (tertiary/aromatic N) is 6. The van der Waals surface area contributed by atoms with Gasteiger partial charge in [0.2, 0.25) is 11.7 Å². The fourth-order valence-corrected chi connectivity index (χ4v) is 2.63. The number of aryl methyl sites for hydroxylation is 1. The minimum atomic E-state index is -0.0699. The molecule has 27 heavy (non-hydrogen) atoms. The van der Waals surface area contributed by atoms with E-state index >= 15 is 0 Å². The maximum Gasteiger partial charge on any atom is 0.246 e. The van der Waals surface area contributed by atoms with Crippen LogP contribution in [0.15, 0.2) is 48.5 Å². The number of hydrogen-bond donors (Lipinski definition) is 0. The summed E-state index contributed by atoms with van der Waals surface area (Å²) in [5, 5.41) is 12.4. The van der Waals surface area contributed by atoms with Crippen LogP contribution in [-0.2, 0) is 17.9 Å². The Morgan fingerprint density at radius 1 is 1.00 bits per heavy atom. The Bertz CT molecular complexity index is 899. The Hall–Kier alpha value is -3.22. The zero-order valence-corrected chi connectivity index (χ0v) is 16.1. The number of hydrogen-bond acceptors (Lipinski definition) is 5. The van der Waals surface area contributed by atoms with Gasteiger partial charge in [-0.15, -0.1) is 10.2 Å². The Morgan fingerprint density at radius 3 is 2.30 bits per heavy atom. The molecule has 1 amide bonds. The van der Waals surface area contributed by atoms with Gasteiger partial charge in [0.05, 0.1) is 0 Å². The van der Waals surface area contributed by atoms with Gasteiger partial charge in [0.15, 0.2) is 0 Å².